The first-order chi connectivity index (χ1) is 7.59. The average Bonchev–Trinajstić information content (AvgIpc) is 2.75. The Hall–Kier alpha value is -0.870. The molecule has 2 atom stereocenters. The number of likely N-dealkylation sites (tertiary alicyclic amines) is 1. The molecule has 2 heterocycles. The van der Waals surface area contributed by atoms with Gasteiger partial charge in [0, 0.05) is 23.9 Å². The first kappa shape index (κ1) is 11.6. The van der Waals surface area contributed by atoms with Crippen LogP contribution < -0.4 is 5.73 Å². The van der Waals surface area contributed by atoms with Crippen LogP contribution in [0.25, 0.3) is 0 Å². The fraction of sp³-hybridized carbons (Fsp3) is 0.583. The third-order valence-electron chi connectivity index (χ3n) is 2.87. The molecule has 0 aliphatic carbocycles. The SMILES string of the molecule is CC(C)CN1C(=O)CC(N)C1c1cccs1. The highest BCUT2D eigenvalue weighted by Gasteiger charge is 2.39. The van der Waals surface area contributed by atoms with Gasteiger partial charge in [0.2, 0.25) is 5.91 Å². The molecule has 0 radical (unpaired) electrons. The van der Waals surface area contributed by atoms with Gasteiger partial charge in [0.05, 0.1) is 6.04 Å². The maximum absolute atomic E-state index is 11.9. The molecule has 2 unspecified atom stereocenters. The average molecular weight is 238 g/mol. The highest BCUT2D eigenvalue weighted by molar-refractivity contribution is 7.10. The summed E-state index contributed by atoms with van der Waals surface area (Å²) in [5.41, 5.74) is 6.07. The van der Waals surface area contributed by atoms with Gasteiger partial charge in [-0.2, -0.15) is 0 Å². The summed E-state index contributed by atoms with van der Waals surface area (Å²) in [6.07, 6.45) is 0.481. The zero-order valence-corrected chi connectivity index (χ0v) is 10.5. The molecule has 0 bridgehead atoms. The van der Waals surface area contributed by atoms with Gasteiger partial charge in [-0.25, -0.2) is 0 Å². The monoisotopic (exact) mass is 238 g/mol. The van der Waals surface area contributed by atoms with E-state index in [2.05, 4.69) is 19.9 Å². The highest BCUT2D eigenvalue weighted by Crippen LogP contribution is 2.34. The van der Waals surface area contributed by atoms with Crippen molar-refractivity contribution in [2.45, 2.75) is 32.4 Å². The first-order valence-electron chi connectivity index (χ1n) is 5.68. The van der Waals surface area contributed by atoms with Crippen molar-refractivity contribution in [2.24, 2.45) is 11.7 Å². The van der Waals surface area contributed by atoms with Crippen LogP contribution in [0.4, 0.5) is 0 Å². The molecular weight excluding hydrogens is 220 g/mol. The van der Waals surface area contributed by atoms with Crippen molar-refractivity contribution in [3.05, 3.63) is 22.4 Å². The minimum Gasteiger partial charge on any atom is -0.333 e. The van der Waals surface area contributed by atoms with Crippen LogP contribution in [0.5, 0.6) is 0 Å². The van der Waals surface area contributed by atoms with E-state index in [4.69, 9.17) is 5.73 Å². The van der Waals surface area contributed by atoms with Gasteiger partial charge in [0.15, 0.2) is 0 Å². The fourth-order valence-corrected chi connectivity index (χ4v) is 3.16. The van der Waals surface area contributed by atoms with Crippen LogP contribution in [0.2, 0.25) is 0 Å². The summed E-state index contributed by atoms with van der Waals surface area (Å²) in [7, 11) is 0. The Balaban J connectivity index is 2.23. The molecule has 1 saturated heterocycles. The largest absolute Gasteiger partial charge is 0.333 e. The molecule has 2 N–H and O–H groups in total. The minimum atomic E-state index is -0.0510. The normalized spacial score (nSPS) is 25.8. The van der Waals surface area contributed by atoms with Gasteiger partial charge < -0.3 is 10.6 Å². The lowest BCUT2D eigenvalue weighted by molar-refractivity contribution is -0.129. The first-order valence-corrected chi connectivity index (χ1v) is 6.56. The molecule has 88 valence electrons. The summed E-state index contributed by atoms with van der Waals surface area (Å²) < 4.78 is 0. The molecule has 0 aromatic carbocycles. The fourth-order valence-electron chi connectivity index (χ4n) is 2.25. The van der Waals surface area contributed by atoms with E-state index in [1.165, 1.54) is 4.88 Å². The van der Waals surface area contributed by atoms with Crippen molar-refractivity contribution in [1.82, 2.24) is 4.90 Å². The van der Waals surface area contributed by atoms with Crippen molar-refractivity contribution in [3.8, 4) is 0 Å². The van der Waals surface area contributed by atoms with Crippen molar-refractivity contribution in [3.63, 3.8) is 0 Å². The van der Waals surface area contributed by atoms with E-state index in [1.807, 2.05) is 16.3 Å². The number of thiophene rings is 1. The second-order valence-corrected chi connectivity index (χ2v) is 5.75. The standard InChI is InChI=1S/C12H18N2OS/c1-8(2)7-14-11(15)6-9(13)12(14)10-4-3-5-16-10/h3-5,8-9,12H,6-7,13H2,1-2H3. The van der Waals surface area contributed by atoms with E-state index >= 15 is 0 Å². The summed E-state index contributed by atoms with van der Waals surface area (Å²) in [4.78, 5) is 15.0. The highest BCUT2D eigenvalue weighted by atomic mass is 32.1. The molecule has 1 fully saturated rings. The van der Waals surface area contributed by atoms with Crippen LogP contribution in [0.1, 0.15) is 31.2 Å². The zero-order chi connectivity index (χ0) is 11.7. The third-order valence-corrected chi connectivity index (χ3v) is 3.81. The lowest BCUT2D eigenvalue weighted by Crippen LogP contribution is -2.34. The Kier molecular flexibility index (Phi) is 3.30. The number of rotatable bonds is 3. The van der Waals surface area contributed by atoms with E-state index in [1.54, 1.807) is 11.3 Å². The number of nitrogens with two attached hydrogens (primary N) is 1. The van der Waals surface area contributed by atoms with E-state index in [0.717, 1.165) is 6.54 Å². The minimum absolute atomic E-state index is 0.0510. The Morgan fingerprint density at radius 2 is 2.38 bits per heavy atom. The lowest BCUT2D eigenvalue weighted by Gasteiger charge is -2.27. The van der Waals surface area contributed by atoms with Crippen LogP contribution in [-0.2, 0) is 4.79 Å². The van der Waals surface area contributed by atoms with Crippen molar-refractivity contribution in [1.29, 1.82) is 0 Å². The number of carbonyl (C=O) groups is 1. The predicted molar refractivity (Wildman–Crippen MR) is 66.2 cm³/mol. The summed E-state index contributed by atoms with van der Waals surface area (Å²) in [6, 6.07) is 4.13. The molecule has 1 aliphatic rings. The van der Waals surface area contributed by atoms with Gasteiger partial charge in [-0.3, -0.25) is 4.79 Å². The summed E-state index contributed by atoms with van der Waals surface area (Å²) >= 11 is 1.68. The third kappa shape index (κ3) is 2.13. The predicted octanol–water partition coefficient (Wildman–Crippen LogP) is 2.00. The van der Waals surface area contributed by atoms with E-state index in [-0.39, 0.29) is 18.0 Å². The Bertz CT molecular complexity index is 361. The molecule has 2 rings (SSSR count). The Morgan fingerprint density at radius 3 is 2.94 bits per heavy atom. The van der Waals surface area contributed by atoms with Gasteiger partial charge in [0.1, 0.15) is 0 Å². The zero-order valence-electron chi connectivity index (χ0n) is 9.72. The number of amides is 1. The van der Waals surface area contributed by atoms with Crippen LogP contribution in [0.3, 0.4) is 0 Å². The second kappa shape index (κ2) is 4.55. The molecule has 1 aromatic rings. The van der Waals surface area contributed by atoms with Crippen LogP contribution >= 0.6 is 11.3 Å². The number of nitrogens with zero attached hydrogens (tertiary/aromatic N) is 1. The molecule has 4 heteroatoms. The molecule has 1 amide bonds. The van der Waals surface area contributed by atoms with Gasteiger partial charge >= 0.3 is 0 Å². The smallest absolute Gasteiger partial charge is 0.224 e. The molecule has 0 saturated carbocycles. The van der Waals surface area contributed by atoms with E-state index < -0.39 is 0 Å². The number of hydrogen-bond donors (Lipinski definition) is 1. The summed E-state index contributed by atoms with van der Waals surface area (Å²) in [5, 5.41) is 2.04. The quantitative estimate of drug-likeness (QED) is 0.875. The van der Waals surface area contributed by atoms with Crippen LogP contribution in [0, 0.1) is 5.92 Å². The van der Waals surface area contributed by atoms with Gasteiger partial charge in [-0.05, 0) is 17.4 Å². The van der Waals surface area contributed by atoms with E-state index in [9.17, 15) is 4.79 Å². The van der Waals surface area contributed by atoms with Crippen LogP contribution in [-0.4, -0.2) is 23.4 Å². The Labute approximate surface area is 100 Å². The van der Waals surface area contributed by atoms with Gasteiger partial charge in [0.25, 0.3) is 0 Å². The lowest BCUT2D eigenvalue weighted by atomic mass is 10.1. The molecule has 0 spiro atoms. The molecule has 16 heavy (non-hydrogen) atoms. The van der Waals surface area contributed by atoms with Crippen molar-refractivity contribution >= 4 is 17.2 Å². The molecule has 1 aliphatic heterocycles. The maximum atomic E-state index is 11.9. The van der Waals surface area contributed by atoms with Crippen molar-refractivity contribution in [2.75, 3.05) is 6.54 Å². The van der Waals surface area contributed by atoms with Gasteiger partial charge in [-0.15, -0.1) is 11.3 Å². The van der Waals surface area contributed by atoms with Gasteiger partial charge in [-0.1, -0.05) is 19.9 Å². The number of hydrogen-bond acceptors (Lipinski definition) is 3. The van der Waals surface area contributed by atoms with E-state index in [0.29, 0.717) is 12.3 Å². The number of carbonyl (C=O) groups excluding carboxylic acids is 1. The van der Waals surface area contributed by atoms with Crippen molar-refractivity contribution < 1.29 is 4.79 Å². The van der Waals surface area contributed by atoms with Crippen LogP contribution in [0.15, 0.2) is 17.5 Å². The molecule has 1 aromatic heterocycles. The molecule has 3 nitrogen and oxygen atoms in total. The Morgan fingerprint density at radius 1 is 1.62 bits per heavy atom. The summed E-state index contributed by atoms with van der Waals surface area (Å²) in [5.74, 6) is 0.677. The second-order valence-electron chi connectivity index (χ2n) is 4.77. The molecular formula is C12H18N2OS. The summed E-state index contributed by atoms with van der Waals surface area (Å²) in [6.45, 7) is 5.06. The topological polar surface area (TPSA) is 46.3 Å². The maximum Gasteiger partial charge on any atom is 0.224 e.